The minimum atomic E-state index is -0.837. The van der Waals surface area contributed by atoms with Crippen molar-refractivity contribution in [3.05, 3.63) is 21.9 Å². The Morgan fingerprint density at radius 3 is 2.68 bits per heavy atom. The maximum Gasteiger partial charge on any atom is 0.307 e. The average molecular weight is 281 g/mol. The van der Waals surface area contributed by atoms with Crippen LogP contribution in [0.5, 0.6) is 0 Å². The third-order valence-electron chi connectivity index (χ3n) is 3.88. The van der Waals surface area contributed by atoms with Crippen molar-refractivity contribution in [1.82, 2.24) is 4.90 Å². The first kappa shape index (κ1) is 14.1. The predicted octanol–water partition coefficient (Wildman–Crippen LogP) is 2.52. The molecule has 0 spiro atoms. The van der Waals surface area contributed by atoms with E-state index in [1.54, 1.807) is 23.3 Å². The number of carboxylic acid groups (broad SMARTS) is 1. The summed E-state index contributed by atoms with van der Waals surface area (Å²) in [5, 5.41) is 11.2. The van der Waals surface area contributed by atoms with E-state index in [0.717, 1.165) is 6.42 Å². The van der Waals surface area contributed by atoms with Gasteiger partial charge in [0.25, 0.3) is 0 Å². The maximum atomic E-state index is 12.4. The van der Waals surface area contributed by atoms with Gasteiger partial charge in [-0.05, 0) is 36.8 Å². The summed E-state index contributed by atoms with van der Waals surface area (Å²) in [6.45, 7) is 2.60. The van der Waals surface area contributed by atoms with Crippen molar-refractivity contribution in [2.24, 2.45) is 11.8 Å². The number of hydrogen-bond donors (Lipinski definition) is 1. The van der Waals surface area contributed by atoms with E-state index in [-0.39, 0.29) is 11.8 Å². The molecular weight excluding hydrogens is 262 g/mol. The number of aryl methyl sites for hydroxylation is 1. The van der Waals surface area contributed by atoms with E-state index in [2.05, 4.69) is 0 Å². The number of carbonyl (C=O) groups is 2. The molecule has 0 radical (unpaired) electrons. The molecule has 0 unspecified atom stereocenters. The number of hydrogen-bond acceptors (Lipinski definition) is 3. The molecule has 2 atom stereocenters. The van der Waals surface area contributed by atoms with Crippen LogP contribution in [0.3, 0.4) is 0 Å². The van der Waals surface area contributed by atoms with E-state index in [0.29, 0.717) is 19.4 Å². The van der Waals surface area contributed by atoms with Crippen LogP contribution in [0.15, 0.2) is 11.4 Å². The van der Waals surface area contributed by atoms with Gasteiger partial charge >= 0.3 is 5.97 Å². The Labute approximate surface area is 117 Å². The van der Waals surface area contributed by atoms with E-state index in [4.69, 9.17) is 5.11 Å². The molecule has 1 amide bonds. The van der Waals surface area contributed by atoms with Gasteiger partial charge in [0, 0.05) is 11.9 Å². The number of rotatable bonds is 4. The molecule has 1 saturated carbocycles. The molecule has 19 heavy (non-hydrogen) atoms. The molecular formula is C14H19NO3S. The van der Waals surface area contributed by atoms with Crippen molar-refractivity contribution in [2.45, 2.75) is 32.7 Å². The molecule has 1 aromatic rings. The predicted molar refractivity (Wildman–Crippen MR) is 74.0 cm³/mol. The minimum Gasteiger partial charge on any atom is -0.481 e. The fraction of sp³-hybridized carbons (Fsp3) is 0.571. The fourth-order valence-corrected chi connectivity index (χ4v) is 3.65. The van der Waals surface area contributed by atoms with Crippen molar-refractivity contribution < 1.29 is 14.7 Å². The van der Waals surface area contributed by atoms with Crippen molar-refractivity contribution in [3.63, 3.8) is 0 Å². The number of thiophene rings is 1. The van der Waals surface area contributed by atoms with Crippen LogP contribution >= 0.6 is 11.3 Å². The van der Waals surface area contributed by atoms with Crippen molar-refractivity contribution in [1.29, 1.82) is 0 Å². The molecule has 0 aromatic carbocycles. The van der Waals surface area contributed by atoms with Gasteiger partial charge in [-0.2, -0.15) is 0 Å². The number of carboxylic acids is 1. The van der Waals surface area contributed by atoms with Gasteiger partial charge in [0.1, 0.15) is 0 Å². The molecule has 1 fully saturated rings. The number of amides is 1. The standard InChI is InChI=1S/C14H19NO3S/c1-9-6-7-19-12(9)8-15(2)13(16)10-4-3-5-11(10)14(17)18/h6-7,10-11H,3-5,8H2,1-2H3,(H,17,18)/t10-,11+/m1/s1. The monoisotopic (exact) mass is 281 g/mol. The zero-order chi connectivity index (χ0) is 14.0. The highest BCUT2D eigenvalue weighted by Gasteiger charge is 2.39. The Kier molecular flexibility index (Phi) is 4.24. The fourth-order valence-electron chi connectivity index (χ4n) is 2.69. The summed E-state index contributed by atoms with van der Waals surface area (Å²) < 4.78 is 0. The quantitative estimate of drug-likeness (QED) is 0.922. The third kappa shape index (κ3) is 2.97. The zero-order valence-corrected chi connectivity index (χ0v) is 12.1. The smallest absolute Gasteiger partial charge is 0.307 e. The van der Waals surface area contributed by atoms with Gasteiger partial charge in [-0.25, -0.2) is 0 Å². The van der Waals surface area contributed by atoms with Gasteiger partial charge < -0.3 is 10.0 Å². The summed E-state index contributed by atoms with van der Waals surface area (Å²) >= 11 is 1.63. The van der Waals surface area contributed by atoms with Crippen LogP contribution in [-0.2, 0) is 16.1 Å². The molecule has 0 saturated heterocycles. The Morgan fingerprint density at radius 2 is 2.11 bits per heavy atom. The highest BCUT2D eigenvalue weighted by molar-refractivity contribution is 7.10. The Hall–Kier alpha value is -1.36. The van der Waals surface area contributed by atoms with E-state index in [1.165, 1.54) is 10.4 Å². The van der Waals surface area contributed by atoms with Gasteiger partial charge in [0.2, 0.25) is 5.91 Å². The van der Waals surface area contributed by atoms with E-state index >= 15 is 0 Å². The van der Waals surface area contributed by atoms with Gasteiger partial charge in [-0.3, -0.25) is 9.59 Å². The van der Waals surface area contributed by atoms with E-state index < -0.39 is 11.9 Å². The van der Waals surface area contributed by atoms with Crippen molar-refractivity contribution in [3.8, 4) is 0 Å². The lowest BCUT2D eigenvalue weighted by Gasteiger charge is -2.23. The highest BCUT2D eigenvalue weighted by atomic mass is 32.1. The van der Waals surface area contributed by atoms with Crippen LogP contribution < -0.4 is 0 Å². The Bertz CT molecular complexity index is 483. The van der Waals surface area contributed by atoms with Gasteiger partial charge in [-0.1, -0.05) is 6.42 Å². The summed E-state index contributed by atoms with van der Waals surface area (Å²) in [7, 11) is 1.76. The molecule has 0 aliphatic heterocycles. The molecule has 1 aliphatic rings. The van der Waals surface area contributed by atoms with Crippen LogP contribution in [0.1, 0.15) is 29.7 Å². The summed E-state index contributed by atoms with van der Waals surface area (Å²) in [5.74, 6) is -1.71. The highest BCUT2D eigenvalue weighted by Crippen LogP contribution is 2.33. The van der Waals surface area contributed by atoms with Crippen LogP contribution in [0.2, 0.25) is 0 Å². The van der Waals surface area contributed by atoms with Crippen molar-refractivity contribution in [2.75, 3.05) is 7.05 Å². The Balaban J connectivity index is 2.03. The lowest BCUT2D eigenvalue weighted by Crippen LogP contribution is -2.36. The average Bonchev–Trinajstić information content (AvgIpc) is 2.98. The summed E-state index contributed by atoms with van der Waals surface area (Å²) in [6.07, 6.45) is 2.15. The number of nitrogens with zero attached hydrogens (tertiary/aromatic N) is 1. The topological polar surface area (TPSA) is 57.6 Å². The molecule has 5 heteroatoms. The Morgan fingerprint density at radius 1 is 1.42 bits per heavy atom. The second-order valence-electron chi connectivity index (χ2n) is 5.20. The molecule has 1 N–H and O–H groups in total. The summed E-state index contributed by atoms with van der Waals surface area (Å²) in [5.41, 5.74) is 1.19. The second-order valence-corrected chi connectivity index (χ2v) is 6.20. The molecule has 1 aromatic heterocycles. The van der Waals surface area contributed by atoms with Gasteiger partial charge in [0.05, 0.1) is 18.4 Å². The SMILES string of the molecule is Cc1ccsc1CN(C)C(=O)[C@@H]1CCC[C@@H]1C(=O)O. The lowest BCUT2D eigenvalue weighted by molar-refractivity contribution is -0.148. The maximum absolute atomic E-state index is 12.4. The first-order valence-electron chi connectivity index (χ1n) is 6.51. The number of aliphatic carboxylic acids is 1. The number of carbonyl (C=O) groups excluding carboxylic acids is 1. The zero-order valence-electron chi connectivity index (χ0n) is 11.3. The normalized spacial score (nSPS) is 22.4. The van der Waals surface area contributed by atoms with Crippen LogP contribution in [0.4, 0.5) is 0 Å². The largest absolute Gasteiger partial charge is 0.481 e. The van der Waals surface area contributed by atoms with Crippen LogP contribution in [-0.4, -0.2) is 28.9 Å². The van der Waals surface area contributed by atoms with Crippen molar-refractivity contribution >= 4 is 23.2 Å². The van der Waals surface area contributed by atoms with Gasteiger partial charge in [0.15, 0.2) is 0 Å². The molecule has 104 valence electrons. The molecule has 2 rings (SSSR count). The van der Waals surface area contributed by atoms with Crippen LogP contribution in [0.25, 0.3) is 0 Å². The summed E-state index contributed by atoms with van der Waals surface area (Å²) in [4.78, 5) is 26.3. The molecule has 1 heterocycles. The van der Waals surface area contributed by atoms with Gasteiger partial charge in [-0.15, -0.1) is 11.3 Å². The van der Waals surface area contributed by atoms with Crippen LogP contribution in [0, 0.1) is 18.8 Å². The molecule has 4 nitrogen and oxygen atoms in total. The minimum absolute atomic E-state index is 0.0299. The molecule has 1 aliphatic carbocycles. The first-order chi connectivity index (χ1) is 9.00. The van der Waals surface area contributed by atoms with E-state index in [9.17, 15) is 9.59 Å². The van der Waals surface area contributed by atoms with E-state index in [1.807, 2.05) is 18.4 Å². The first-order valence-corrected chi connectivity index (χ1v) is 7.39. The molecule has 0 bridgehead atoms. The lowest BCUT2D eigenvalue weighted by atomic mass is 9.95. The summed E-state index contributed by atoms with van der Waals surface area (Å²) in [6, 6.07) is 2.04. The second kappa shape index (κ2) is 5.74. The third-order valence-corrected chi connectivity index (χ3v) is 4.88.